The Morgan fingerprint density at radius 2 is 1.84 bits per heavy atom. The Hall–Kier alpha value is -1.64. The van der Waals surface area contributed by atoms with Gasteiger partial charge in [-0.1, -0.05) is 39.3 Å². The van der Waals surface area contributed by atoms with E-state index in [1.165, 1.54) is 25.7 Å². The van der Waals surface area contributed by atoms with Gasteiger partial charge in [0.25, 0.3) is 0 Å². The van der Waals surface area contributed by atoms with Gasteiger partial charge in [0.15, 0.2) is 5.76 Å². The van der Waals surface area contributed by atoms with Crippen LogP contribution in [0.15, 0.2) is 21.6 Å². The molecule has 1 aromatic heterocycles. The molecule has 2 unspecified atom stereocenters. The third-order valence-corrected chi connectivity index (χ3v) is 6.91. The summed E-state index contributed by atoms with van der Waals surface area (Å²) < 4.78 is 6.28. The quantitative estimate of drug-likeness (QED) is 0.697. The zero-order valence-electron chi connectivity index (χ0n) is 16.0. The molecule has 0 bridgehead atoms. The highest BCUT2D eigenvalue weighted by Gasteiger charge is 2.46. The van der Waals surface area contributed by atoms with E-state index in [0.717, 1.165) is 30.3 Å². The van der Waals surface area contributed by atoms with Crippen molar-refractivity contribution < 1.29 is 4.42 Å². The molecule has 0 N–H and O–H groups in total. The van der Waals surface area contributed by atoms with Crippen LogP contribution in [0, 0.1) is 16.7 Å². The lowest BCUT2D eigenvalue weighted by Crippen LogP contribution is -2.38. The first-order valence-corrected chi connectivity index (χ1v) is 9.75. The van der Waals surface area contributed by atoms with E-state index in [2.05, 4.69) is 63.2 Å². The molecule has 3 aliphatic rings. The molecule has 0 radical (unpaired) electrons. The van der Waals surface area contributed by atoms with E-state index >= 15 is 0 Å². The van der Waals surface area contributed by atoms with Gasteiger partial charge in [0.05, 0.1) is 5.41 Å². The third-order valence-electron chi connectivity index (χ3n) is 6.91. The highest BCUT2D eigenvalue weighted by Crippen LogP contribution is 2.52. The van der Waals surface area contributed by atoms with Crippen molar-refractivity contribution in [1.82, 2.24) is 4.98 Å². The van der Waals surface area contributed by atoms with Crippen LogP contribution >= 0.6 is 0 Å². The van der Waals surface area contributed by atoms with Gasteiger partial charge in [-0.05, 0) is 56.1 Å². The van der Waals surface area contributed by atoms with E-state index in [0.29, 0.717) is 11.3 Å². The number of fused-ring (bicyclic) bond motifs is 1. The highest BCUT2D eigenvalue weighted by atomic mass is 16.4. The van der Waals surface area contributed by atoms with Gasteiger partial charge in [0.1, 0.15) is 5.69 Å². The SMILES string of the molecule is CC(C)C1(C)C=Cc2nc(C3(C)C=NCCC4(CCC4)C3)oc2C=C1. The number of hydrogen-bond acceptors (Lipinski definition) is 3. The summed E-state index contributed by atoms with van der Waals surface area (Å²) in [5.41, 5.74) is 1.27. The van der Waals surface area contributed by atoms with Crippen LogP contribution in [-0.4, -0.2) is 17.7 Å². The molecule has 3 heteroatoms. The Bertz CT molecular complexity index is 717. The van der Waals surface area contributed by atoms with Gasteiger partial charge < -0.3 is 4.42 Å². The minimum Gasteiger partial charge on any atom is -0.440 e. The summed E-state index contributed by atoms with van der Waals surface area (Å²) in [6.07, 6.45) is 17.2. The molecule has 25 heavy (non-hydrogen) atoms. The minimum absolute atomic E-state index is 0.0487. The molecule has 4 rings (SSSR count). The summed E-state index contributed by atoms with van der Waals surface area (Å²) in [6.45, 7) is 9.96. The van der Waals surface area contributed by atoms with Gasteiger partial charge in [-0.25, -0.2) is 4.98 Å². The molecule has 1 aromatic rings. The first-order chi connectivity index (χ1) is 11.8. The standard InChI is InChI=1S/C22H30N2O/c1-16(2)20(3)10-6-17-18(7-11-20)25-19(24-17)21(4)14-22(8-5-9-22)12-13-23-15-21/h6-7,10-11,15-16H,5,8-9,12-14H2,1-4H3. The number of nitrogens with zero attached hydrogens (tertiary/aromatic N) is 2. The maximum Gasteiger partial charge on any atom is 0.206 e. The molecule has 0 saturated heterocycles. The smallest absolute Gasteiger partial charge is 0.206 e. The molecule has 2 atom stereocenters. The van der Waals surface area contributed by atoms with Crippen LogP contribution in [0.2, 0.25) is 0 Å². The predicted molar refractivity (Wildman–Crippen MR) is 104 cm³/mol. The van der Waals surface area contributed by atoms with Crippen molar-refractivity contribution in [2.24, 2.45) is 21.7 Å². The Morgan fingerprint density at radius 1 is 1.08 bits per heavy atom. The molecular formula is C22H30N2O. The van der Waals surface area contributed by atoms with Crippen molar-refractivity contribution in [3.05, 3.63) is 29.5 Å². The zero-order chi connectivity index (χ0) is 17.7. The predicted octanol–water partition coefficient (Wildman–Crippen LogP) is 5.67. The number of rotatable bonds is 2. The molecule has 0 amide bonds. The van der Waals surface area contributed by atoms with Crippen molar-refractivity contribution in [2.75, 3.05) is 6.54 Å². The van der Waals surface area contributed by atoms with Crippen molar-refractivity contribution in [3.8, 4) is 0 Å². The second-order valence-corrected chi connectivity index (χ2v) is 9.19. The molecule has 2 aliphatic carbocycles. The number of hydrogen-bond donors (Lipinski definition) is 0. The van der Waals surface area contributed by atoms with Gasteiger partial charge in [0.2, 0.25) is 5.89 Å². The van der Waals surface area contributed by atoms with Crippen molar-refractivity contribution in [1.29, 1.82) is 0 Å². The number of aliphatic imine (C=N–C) groups is 1. The molecule has 134 valence electrons. The average Bonchev–Trinajstić information content (AvgIpc) is 2.77. The summed E-state index contributed by atoms with van der Waals surface area (Å²) in [6, 6.07) is 0. The highest BCUT2D eigenvalue weighted by molar-refractivity contribution is 5.73. The van der Waals surface area contributed by atoms with Crippen LogP contribution in [-0.2, 0) is 5.41 Å². The normalized spacial score (nSPS) is 33.2. The summed E-state index contributed by atoms with van der Waals surface area (Å²) in [5, 5.41) is 0. The molecule has 1 fully saturated rings. The molecule has 1 spiro atoms. The van der Waals surface area contributed by atoms with Crippen LogP contribution < -0.4 is 0 Å². The van der Waals surface area contributed by atoms with Crippen molar-refractivity contribution in [2.45, 2.75) is 65.2 Å². The second kappa shape index (κ2) is 5.69. The summed E-state index contributed by atoms with van der Waals surface area (Å²) in [5.74, 6) is 2.25. The van der Waals surface area contributed by atoms with Gasteiger partial charge in [-0.2, -0.15) is 0 Å². The summed E-state index contributed by atoms with van der Waals surface area (Å²) in [4.78, 5) is 9.59. The van der Waals surface area contributed by atoms with E-state index in [9.17, 15) is 0 Å². The lowest BCUT2D eigenvalue weighted by molar-refractivity contribution is 0.0902. The maximum atomic E-state index is 6.28. The third kappa shape index (κ3) is 2.82. The first kappa shape index (κ1) is 16.8. The van der Waals surface area contributed by atoms with E-state index in [1.54, 1.807) is 0 Å². The Morgan fingerprint density at radius 3 is 2.52 bits per heavy atom. The lowest BCUT2D eigenvalue weighted by Gasteiger charge is -2.44. The molecule has 0 aromatic carbocycles. The Balaban J connectivity index is 1.67. The van der Waals surface area contributed by atoms with Gasteiger partial charge >= 0.3 is 0 Å². The van der Waals surface area contributed by atoms with Crippen LogP contribution in [0.3, 0.4) is 0 Å². The molecule has 1 saturated carbocycles. The van der Waals surface area contributed by atoms with Crippen molar-refractivity contribution in [3.63, 3.8) is 0 Å². The number of aromatic nitrogens is 1. The minimum atomic E-state index is -0.188. The van der Waals surface area contributed by atoms with Gasteiger partial charge in [-0.3, -0.25) is 4.99 Å². The fraction of sp³-hybridized carbons (Fsp3) is 0.636. The fourth-order valence-corrected chi connectivity index (χ4v) is 4.50. The van der Waals surface area contributed by atoms with Crippen LogP contribution in [0.25, 0.3) is 12.2 Å². The van der Waals surface area contributed by atoms with E-state index in [-0.39, 0.29) is 10.8 Å². The molecule has 2 heterocycles. The monoisotopic (exact) mass is 338 g/mol. The zero-order valence-corrected chi connectivity index (χ0v) is 16.0. The average molecular weight is 338 g/mol. The summed E-state index contributed by atoms with van der Waals surface area (Å²) in [7, 11) is 0. The largest absolute Gasteiger partial charge is 0.440 e. The second-order valence-electron chi connectivity index (χ2n) is 9.19. The maximum absolute atomic E-state index is 6.28. The van der Waals surface area contributed by atoms with E-state index in [1.807, 2.05) is 0 Å². The van der Waals surface area contributed by atoms with Crippen LogP contribution in [0.1, 0.15) is 77.1 Å². The van der Waals surface area contributed by atoms with Crippen LogP contribution in [0.5, 0.6) is 0 Å². The van der Waals surface area contributed by atoms with Crippen molar-refractivity contribution >= 4 is 18.4 Å². The fourth-order valence-electron chi connectivity index (χ4n) is 4.50. The number of oxazole rings is 1. The summed E-state index contributed by atoms with van der Waals surface area (Å²) >= 11 is 0. The van der Waals surface area contributed by atoms with Crippen LogP contribution in [0.4, 0.5) is 0 Å². The first-order valence-electron chi connectivity index (χ1n) is 9.75. The molecule has 1 aliphatic heterocycles. The van der Waals surface area contributed by atoms with E-state index in [4.69, 9.17) is 9.40 Å². The topological polar surface area (TPSA) is 38.4 Å². The van der Waals surface area contributed by atoms with Gasteiger partial charge in [0, 0.05) is 18.2 Å². The Kier molecular flexibility index (Phi) is 3.82. The molecule has 3 nitrogen and oxygen atoms in total. The lowest BCUT2D eigenvalue weighted by atomic mass is 9.60. The number of allylic oxidation sites excluding steroid dienone is 2. The van der Waals surface area contributed by atoms with Gasteiger partial charge in [-0.15, -0.1) is 0 Å². The Labute approximate surface area is 151 Å². The molecular weight excluding hydrogens is 308 g/mol. The van der Waals surface area contributed by atoms with E-state index < -0.39 is 0 Å².